The maximum absolute atomic E-state index is 11.2. The van der Waals surface area contributed by atoms with Crippen LogP contribution < -0.4 is 11.8 Å². The molecule has 0 atom stereocenters. The topological polar surface area (TPSA) is 105 Å². The molecule has 0 amide bonds. The lowest BCUT2D eigenvalue weighted by Crippen LogP contribution is -2.10. The number of carbonyl (C=O) groups is 2. The molecular formula is C12H16N2O4. The number of nitrogens with two attached hydrogens (primary N) is 2. The van der Waals surface area contributed by atoms with Crippen molar-refractivity contribution in [2.45, 2.75) is 25.7 Å². The van der Waals surface area contributed by atoms with Crippen molar-refractivity contribution >= 4 is 11.9 Å². The first-order valence-corrected chi connectivity index (χ1v) is 5.57. The van der Waals surface area contributed by atoms with Crippen LogP contribution in [0.25, 0.3) is 0 Å². The van der Waals surface area contributed by atoms with Gasteiger partial charge in [0.05, 0.1) is 5.56 Å². The molecule has 6 heteroatoms. The Morgan fingerprint density at radius 2 is 1.89 bits per heavy atom. The molecular weight excluding hydrogens is 236 g/mol. The van der Waals surface area contributed by atoms with Crippen LogP contribution in [0.3, 0.4) is 0 Å². The molecule has 0 radical (unpaired) electrons. The van der Waals surface area contributed by atoms with Gasteiger partial charge in [0.25, 0.3) is 0 Å². The van der Waals surface area contributed by atoms with Crippen molar-refractivity contribution in [1.29, 1.82) is 0 Å². The summed E-state index contributed by atoms with van der Waals surface area (Å²) in [5.74, 6) is 8.55. The number of unbranched alkanes of at least 4 members (excludes halogenated alkanes) is 1. The first kappa shape index (κ1) is 14.1. The highest BCUT2D eigenvalue weighted by atomic mass is 16.7. The second-order valence-corrected chi connectivity index (χ2v) is 3.80. The molecule has 0 aromatic heterocycles. The molecule has 4 N–H and O–H groups in total. The first-order chi connectivity index (χ1) is 8.67. The number of hydrogen-bond acceptors (Lipinski definition) is 6. The van der Waals surface area contributed by atoms with Gasteiger partial charge in [0.2, 0.25) is 0 Å². The maximum atomic E-state index is 11.2. The van der Waals surface area contributed by atoms with E-state index < -0.39 is 11.9 Å². The minimum absolute atomic E-state index is 0.293. The van der Waals surface area contributed by atoms with Crippen molar-refractivity contribution in [3.63, 3.8) is 0 Å². The zero-order chi connectivity index (χ0) is 13.4. The fourth-order valence-corrected chi connectivity index (χ4v) is 1.58. The third-order valence-corrected chi connectivity index (χ3v) is 2.50. The highest BCUT2D eigenvalue weighted by Gasteiger charge is 2.06. The van der Waals surface area contributed by atoms with Gasteiger partial charge < -0.3 is 9.68 Å². The van der Waals surface area contributed by atoms with Gasteiger partial charge in [-0.2, -0.15) is 11.8 Å². The summed E-state index contributed by atoms with van der Waals surface area (Å²) in [7, 11) is 0. The summed E-state index contributed by atoms with van der Waals surface area (Å²) in [4.78, 5) is 30.2. The molecule has 18 heavy (non-hydrogen) atoms. The van der Waals surface area contributed by atoms with Crippen LogP contribution in [0.2, 0.25) is 0 Å². The molecule has 0 fully saturated rings. The van der Waals surface area contributed by atoms with Crippen molar-refractivity contribution in [2.75, 3.05) is 0 Å². The van der Waals surface area contributed by atoms with E-state index in [0.29, 0.717) is 18.4 Å². The SMILES string of the molecule is NOC(=O)CCCCc1cccc(C(=O)ON)c1. The van der Waals surface area contributed by atoms with Crippen LogP contribution in [-0.2, 0) is 20.9 Å². The Labute approximate surface area is 105 Å². The zero-order valence-corrected chi connectivity index (χ0v) is 9.93. The van der Waals surface area contributed by atoms with Gasteiger partial charge in [0, 0.05) is 6.42 Å². The highest BCUT2D eigenvalue weighted by molar-refractivity contribution is 5.89. The molecule has 0 spiro atoms. The number of benzene rings is 1. The number of rotatable bonds is 6. The molecule has 0 aliphatic rings. The predicted octanol–water partition coefficient (Wildman–Crippen LogP) is 0.847. The van der Waals surface area contributed by atoms with Crippen molar-refractivity contribution < 1.29 is 19.3 Å². The Balaban J connectivity index is 2.43. The summed E-state index contributed by atoms with van der Waals surface area (Å²) in [5.41, 5.74) is 1.40. The Bertz CT molecular complexity index is 420. The van der Waals surface area contributed by atoms with Crippen LogP contribution in [0.4, 0.5) is 0 Å². The number of carbonyl (C=O) groups excluding carboxylic acids is 2. The quantitative estimate of drug-likeness (QED) is 0.574. The van der Waals surface area contributed by atoms with E-state index in [1.807, 2.05) is 6.07 Å². The molecule has 0 saturated heterocycles. The number of hydrogen-bond donors (Lipinski definition) is 2. The van der Waals surface area contributed by atoms with Gasteiger partial charge >= 0.3 is 11.9 Å². The molecule has 6 nitrogen and oxygen atoms in total. The fraction of sp³-hybridized carbons (Fsp3) is 0.333. The average Bonchev–Trinajstić information content (AvgIpc) is 2.42. The third kappa shape index (κ3) is 4.52. The van der Waals surface area contributed by atoms with Crippen LogP contribution in [0.1, 0.15) is 35.2 Å². The van der Waals surface area contributed by atoms with Crippen LogP contribution in [0.5, 0.6) is 0 Å². The Morgan fingerprint density at radius 3 is 2.56 bits per heavy atom. The summed E-state index contributed by atoms with van der Waals surface area (Å²) in [5, 5.41) is 0. The molecule has 98 valence electrons. The second-order valence-electron chi connectivity index (χ2n) is 3.80. The lowest BCUT2D eigenvalue weighted by Gasteiger charge is -2.03. The molecule has 1 rings (SSSR count). The zero-order valence-electron chi connectivity index (χ0n) is 9.93. The molecule has 1 aromatic rings. The number of aryl methyl sites for hydroxylation is 1. The molecule has 0 bridgehead atoms. The summed E-state index contributed by atoms with van der Waals surface area (Å²) < 4.78 is 0. The summed E-state index contributed by atoms with van der Waals surface area (Å²) >= 11 is 0. The van der Waals surface area contributed by atoms with Crippen LogP contribution >= 0.6 is 0 Å². The molecule has 0 heterocycles. The highest BCUT2D eigenvalue weighted by Crippen LogP contribution is 2.10. The van der Waals surface area contributed by atoms with E-state index in [-0.39, 0.29) is 0 Å². The minimum Gasteiger partial charge on any atom is -0.373 e. The van der Waals surface area contributed by atoms with Gasteiger partial charge in [-0.3, -0.25) is 4.79 Å². The fourth-order valence-electron chi connectivity index (χ4n) is 1.58. The maximum Gasteiger partial charge on any atom is 0.356 e. The van der Waals surface area contributed by atoms with Crippen LogP contribution in [-0.4, -0.2) is 11.9 Å². The van der Waals surface area contributed by atoms with E-state index in [2.05, 4.69) is 9.68 Å². The van der Waals surface area contributed by atoms with Crippen LogP contribution in [0, 0.1) is 0 Å². The van der Waals surface area contributed by atoms with Gasteiger partial charge in [-0.05, 0) is 37.0 Å². The van der Waals surface area contributed by atoms with Crippen LogP contribution in [0.15, 0.2) is 24.3 Å². The summed E-state index contributed by atoms with van der Waals surface area (Å²) in [6, 6.07) is 7.01. The van der Waals surface area contributed by atoms with E-state index in [4.69, 9.17) is 11.8 Å². The average molecular weight is 252 g/mol. The lowest BCUT2D eigenvalue weighted by atomic mass is 10.0. The van der Waals surface area contributed by atoms with E-state index in [1.165, 1.54) is 0 Å². The molecule has 0 unspecified atom stereocenters. The van der Waals surface area contributed by atoms with E-state index in [0.717, 1.165) is 18.4 Å². The van der Waals surface area contributed by atoms with Gasteiger partial charge in [-0.15, -0.1) is 0 Å². The Hall–Kier alpha value is -1.92. The first-order valence-electron chi connectivity index (χ1n) is 5.57. The standard InChI is InChI=1S/C12H16N2O4/c13-17-11(15)7-2-1-4-9-5-3-6-10(8-9)12(16)18-14/h3,5-6,8H,1-2,4,7,13-14H2. The summed E-state index contributed by atoms with van der Waals surface area (Å²) in [6.07, 6.45) is 2.53. The van der Waals surface area contributed by atoms with E-state index in [9.17, 15) is 9.59 Å². The molecule has 0 aliphatic heterocycles. The van der Waals surface area contributed by atoms with E-state index >= 15 is 0 Å². The Morgan fingerprint density at radius 1 is 1.11 bits per heavy atom. The normalized spacial score (nSPS) is 9.89. The van der Waals surface area contributed by atoms with Gasteiger partial charge in [0.15, 0.2) is 0 Å². The van der Waals surface area contributed by atoms with Crippen molar-refractivity contribution in [1.82, 2.24) is 0 Å². The van der Waals surface area contributed by atoms with Gasteiger partial charge in [-0.25, -0.2) is 4.79 Å². The Kier molecular flexibility index (Phi) is 5.83. The largest absolute Gasteiger partial charge is 0.373 e. The van der Waals surface area contributed by atoms with Crippen molar-refractivity contribution in [3.05, 3.63) is 35.4 Å². The lowest BCUT2D eigenvalue weighted by molar-refractivity contribution is -0.144. The van der Waals surface area contributed by atoms with Crippen molar-refractivity contribution in [3.8, 4) is 0 Å². The molecule has 0 saturated carbocycles. The third-order valence-electron chi connectivity index (χ3n) is 2.50. The predicted molar refractivity (Wildman–Crippen MR) is 63.9 cm³/mol. The molecule has 0 aliphatic carbocycles. The second kappa shape index (κ2) is 7.41. The van der Waals surface area contributed by atoms with Gasteiger partial charge in [0.1, 0.15) is 0 Å². The van der Waals surface area contributed by atoms with Crippen molar-refractivity contribution in [2.24, 2.45) is 11.8 Å². The molecule has 1 aromatic carbocycles. The minimum atomic E-state index is -0.566. The summed E-state index contributed by atoms with van der Waals surface area (Å²) in [6.45, 7) is 0. The van der Waals surface area contributed by atoms with Gasteiger partial charge in [-0.1, -0.05) is 12.1 Å². The smallest absolute Gasteiger partial charge is 0.356 e. The van der Waals surface area contributed by atoms with E-state index in [1.54, 1.807) is 18.2 Å². The monoisotopic (exact) mass is 252 g/mol.